The van der Waals surface area contributed by atoms with E-state index in [2.05, 4.69) is 17.5 Å². The van der Waals surface area contributed by atoms with Crippen LogP contribution in [0.4, 0.5) is 0 Å². The third-order valence-corrected chi connectivity index (χ3v) is 4.18. The Hall–Kier alpha value is -0.830. The molecule has 1 aliphatic carbocycles. The highest BCUT2D eigenvalue weighted by atomic mass is 32.1. The van der Waals surface area contributed by atoms with Gasteiger partial charge in [-0.15, -0.1) is 11.3 Å². The predicted octanol–water partition coefficient (Wildman–Crippen LogP) is 3.19. The van der Waals surface area contributed by atoms with Gasteiger partial charge in [-0.25, -0.2) is 0 Å². The first kappa shape index (κ1) is 10.7. The molecule has 3 heteroatoms. The van der Waals surface area contributed by atoms with Crippen LogP contribution in [0.1, 0.15) is 36.5 Å². The van der Waals surface area contributed by atoms with Gasteiger partial charge in [-0.05, 0) is 24.3 Å². The Morgan fingerprint density at radius 3 is 2.93 bits per heavy atom. The van der Waals surface area contributed by atoms with Crippen LogP contribution in [0.2, 0.25) is 0 Å². The first-order valence-electron chi connectivity index (χ1n) is 5.44. The Kier molecular flexibility index (Phi) is 3.41. The molecular formula is C12H16O2S. The highest BCUT2D eigenvalue weighted by Gasteiger charge is 2.33. The minimum atomic E-state index is -0.0342. The summed E-state index contributed by atoms with van der Waals surface area (Å²) in [7, 11) is 1.49. The van der Waals surface area contributed by atoms with Crippen molar-refractivity contribution in [2.45, 2.75) is 31.6 Å². The second-order valence-corrected chi connectivity index (χ2v) is 5.02. The lowest BCUT2D eigenvalue weighted by Crippen LogP contribution is -2.26. The molecular weight excluding hydrogens is 208 g/mol. The molecule has 0 spiro atoms. The molecule has 0 aromatic carbocycles. The van der Waals surface area contributed by atoms with Crippen LogP contribution in [0, 0.1) is 5.92 Å². The van der Waals surface area contributed by atoms with Gasteiger partial charge in [0.25, 0.3) is 0 Å². The normalized spacial score (nSPS) is 26.2. The monoisotopic (exact) mass is 224 g/mol. The van der Waals surface area contributed by atoms with E-state index in [1.54, 1.807) is 11.3 Å². The average Bonchev–Trinajstić information content (AvgIpc) is 2.81. The van der Waals surface area contributed by atoms with Crippen molar-refractivity contribution in [3.05, 3.63) is 22.4 Å². The van der Waals surface area contributed by atoms with Gasteiger partial charge in [0, 0.05) is 10.8 Å². The van der Waals surface area contributed by atoms with Crippen molar-refractivity contribution in [3.8, 4) is 0 Å². The van der Waals surface area contributed by atoms with Crippen molar-refractivity contribution in [3.63, 3.8) is 0 Å². The average molecular weight is 224 g/mol. The van der Waals surface area contributed by atoms with E-state index in [0.717, 1.165) is 19.3 Å². The van der Waals surface area contributed by atoms with Crippen molar-refractivity contribution in [1.29, 1.82) is 0 Å². The van der Waals surface area contributed by atoms with E-state index in [1.807, 2.05) is 0 Å². The molecule has 1 fully saturated rings. The van der Waals surface area contributed by atoms with Crippen molar-refractivity contribution in [1.82, 2.24) is 0 Å². The van der Waals surface area contributed by atoms with E-state index in [4.69, 9.17) is 4.74 Å². The minimum absolute atomic E-state index is 0.0342. The zero-order chi connectivity index (χ0) is 10.7. The molecule has 0 amide bonds. The van der Waals surface area contributed by atoms with Gasteiger partial charge < -0.3 is 4.74 Å². The molecule has 0 N–H and O–H groups in total. The SMILES string of the molecule is COC(=O)C1CCCCC1c1cccs1. The number of rotatable bonds is 2. The number of ether oxygens (including phenoxy) is 1. The number of carbonyl (C=O) groups excluding carboxylic acids is 1. The second kappa shape index (κ2) is 4.79. The summed E-state index contributed by atoms with van der Waals surface area (Å²) in [5.74, 6) is 0.446. The van der Waals surface area contributed by atoms with E-state index in [1.165, 1.54) is 18.4 Å². The van der Waals surface area contributed by atoms with Crippen LogP contribution >= 0.6 is 11.3 Å². The fraction of sp³-hybridized carbons (Fsp3) is 0.583. The summed E-state index contributed by atoms with van der Waals surface area (Å²) in [6.45, 7) is 0. The summed E-state index contributed by atoms with van der Waals surface area (Å²) < 4.78 is 4.88. The first-order valence-corrected chi connectivity index (χ1v) is 6.32. The smallest absolute Gasteiger partial charge is 0.309 e. The van der Waals surface area contributed by atoms with Crippen LogP contribution in [-0.4, -0.2) is 13.1 Å². The van der Waals surface area contributed by atoms with E-state index < -0.39 is 0 Å². The number of hydrogen-bond donors (Lipinski definition) is 0. The zero-order valence-electron chi connectivity index (χ0n) is 8.94. The van der Waals surface area contributed by atoms with Crippen molar-refractivity contribution >= 4 is 17.3 Å². The van der Waals surface area contributed by atoms with E-state index in [0.29, 0.717) is 5.92 Å². The number of esters is 1. The Morgan fingerprint density at radius 2 is 2.27 bits per heavy atom. The van der Waals surface area contributed by atoms with Crippen LogP contribution in [0.3, 0.4) is 0 Å². The van der Waals surface area contributed by atoms with Gasteiger partial charge in [-0.2, -0.15) is 0 Å². The topological polar surface area (TPSA) is 26.3 Å². The molecule has 1 saturated carbocycles. The third kappa shape index (κ3) is 2.23. The molecule has 82 valence electrons. The van der Waals surface area contributed by atoms with E-state index >= 15 is 0 Å². The standard InChI is InChI=1S/C12H16O2S/c1-14-12(13)10-6-3-2-5-9(10)11-7-4-8-15-11/h4,7-10H,2-3,5-6H2,1H3. The Labute approximate surface area is 94.3 Å². The van der Waals surface area contributed by atoms with Crippen LogP contribution in [0.5, 0.6) is 0 Å². The quantitative estimate of drug-likeness (QED) is 0.721. The molecule has 0 saturated heterocycles. The van der Waals surface area contributed by atoms with Crippen LogP contribution in [0.15, 0.2) is 17.5 Å². The largest absolute Gasteiger partial charge is 0.469 e. The summed E-state index contributed by atoms with van der Waals surface area (Å²) in [5, 5.41) is 2.08. The molecule has 1 aromatic rings. The predicted molar refractivity (Wildman–Crippen MR) is 61.0 cm³/mol. The Balaban J connectivity index is 2.16. The molecule has 2 nitrogen and oxygen atoms in total. The molecule has 1 aliphatic rings. The maximum Gasteiger partial charge on any atom is 0.309 e. The van der Waals surface area contributed by atoms with Gasteiger partial charge in [0.2, 0.25) is 0 Å². The molecule has 2 rings (SSSR count). The number of methoxy groups -OCH3 is 1. The molecule has 1 heterocycles. The molecule has 2 atom stereocenters. The van der Waals surface area contributed by atoms with Crippen molar-refractivity contribution < 1.29 is 9.53 Å². The maximum atomic E-state index is 11.7. The second-order valence-electron chi connectivity index (χ2n) is 4.04. The fourth-order valence-electron chi connectivity index (χ4n) is 2.41. The molecule has 15 heavy (non-hydrogen) atoms. The lowest BCUT2D eigenvalue weighted by atomic mass is 9.78. The van der Waals surface area contributed by atoms with Gasteiger partial charge in [0.15, 0.2) is 0 Å². The van der Waals surface area contributed by atoms with Gasteiger partial charge in [0.05, 0.1) is 13.0 Å². The van der Waals surface area contributed by atoms with E-state index in [-0.39, 0.29) is 11.9 Å². The fourth-order valence-corrected chi connectivity index (χ4v) is 3.34. The maximum absolute atomic E-state index is 11.7. The van der Waals surface area contributed by atoms with Crippen LogP contribution in [0.25, 0.3) is 0 Å². The van der Waals surface area contributed by atoms with Gasteiger partial charge in [-0.1, -0.05) is 18.9 Å². The van der Waals surface area contributed by atoms with Crippen LogP contribution in [-0.2, 0) is 9.53 Å². The number of carbonyl (C=O) groups is 1. The Morgan fingerprint density at radius 1 is 1.47 bits per heavy atom. The zero-order valence-corrected chi connectivity index (χ0v) is 9.76. The highest BCUT2D eigenvalue weighted by Crippen LogP contribution is 2.40. The summed E-state index contributed by atoms with van der Waals surface area (Å²) in [6.07, 6.45) is 4.49. The molecule has 0 radical (unpaired) electrons. The summed E-state index contributed by atoms with van der Waals surface area (Å²) >= 11 is 1.75. The summed E-state index contributed by atoms with van der Waals surface area (Å²) in [6, 6.07) is 4.19. The molecule has 0 aliphatic heterocycles. The van der Waals surface area contributed by atoms with E-state index in [9.17, 15) is 4.79 Å². The Bertz CT molecular complexity index is 318. The van der Waals surface area contributed by atoms with Gasteiger partial charge in [0.1, 0.15) is 0 Å². The van der Waals surface area contributed by atoms with Crippen molar-refractivity contribution in [2.75, 3.05) is 7.11 Å². The van der Waals surface area contributed by atoms with Crippen molar-refractivity contribution in [2.24, 2.45) is 5.92 Å². The number of hydrogen-bond acceptors (Lipinski definition) is 3. The minimum Gasteiger partial charge on any atom is -0.469 e. The lowest BCUT2D eigenvalue weighted by Gasteiger charge is -2.28. The highest BCUT2D eigenvalue weighted by molar-refractivity contribution is 7.10. The molecule has 2 unspecified atom stereocenters. The van der Waals surface area contributed by atoms with Gasteiger partial charge >= 0.3 is 5.97 Å². The van der Waals surface area contributed by atoms with Crippen LogP contribution < -0.4 is 0 Å². The van der Waals surface area contributed by atoms with Gasteiger partial charge in [-0.3, -0.25) is 4.79 Å². The molecule has 0 bridgehead atoms. The number of thiophene rings is 1. The lowest BCUT2D eigenvalue weighted by molar-refractivity contribution is -0.147. The molecule has 1 aromatic heterocycles. The first-order chi connectivity index (χ1) is 7.33. The summed E-state index contributed by atoms with van der Waals surface area (Å²) in [4.78, 5) is 13.0. The third-order valence-electron chi connectivity index (χ3n) is 3.18. The summed E-state index contributed by atoms with van der Waals surface area (Å²) in [5.41, 5.74) is 0.